The fraction of sp³-hybridized carbons (Fsp3) is 0.938. The van der Waals surface area contributed by atoms with Crippen molar-refractivity contribution < 1.29 is 42.8 Å². The van der Waals surface area contributed by atoms with Crippen molar-refractivity contribution in [1.82, 2.24) is 0 Å². The van der Waals surface area contributed by atoms with Crippen molar-refractivity contribution in [2.24, 2.45) is 0 Å². The van der Waals surface area contributed by atoms with Crippen LogP contribution in [-0.2, 0) is 23.2 Å². The van der Waals surface area contributed by atoms with E-state index in [9.17, 15) is 29.3 Å². The Morgan fingerprint density at radius 3 is 1.43 bits per heavy atom. The van der Waals surface area contributed by atoms with Gasteiger partial charge in [0.15, 0.2) is 11.6 Å². The predicted molar refractivity (Wildman–Crippen MR) is 167 cm³/mol. The Morgan fingerprint density at radius 2 is 1.07 bits per heavy atom. The number of unbranched alkanes of at least 4 members (excludes halogenated alkanes) is 16. The van der Waals surface area contributed by atoms with E-state index in [0.717, 1.165) is 51.4 Å². The maximum Gasteiger partial charge on any atom is 0.268 e. The number of ketones is 2. The second kappa shape index (κ2) is 23.7. The average molecular weight is 622 g/mol. The SMILES string of the molecule is CCCCCCCCCCCC(=O)C(O)(C(=O)CCCCCCCCCCC)[C@@H](O)COP(=O)([O-])OCC[N+](C)(C)C. The number of aliphatic hydroxyl groups excluding tert-OH is 1. The molecular formula is C32H64NO8P. The molecule has 0 aromatic rings. The molecule has 0 heterocycles. The number of phosphoric ester groups is 1. The van der Waals surface area contributed by atoms with E-state index in [4.69, 9.17) is 9.05 Å². The van der Waals surface area contributed by atoms with E-state index < -0.39 is 37.7 Å². The Labute approximate surface area is 257 Å². The summed E-state index contributed by atoms with van der Waals surface area (Å²) in [5, 5.41) is 22.1. The van der Waals surface area contributed by atoms with Crippen LogP contribution in [0.2, 0.25) is 0 Å². The summed E-state index contributed by atoms with van der Waals surface area (Å²) in [6, 6.07) is 0. The molecule has 0 fully saturated rings. The van der Waals surface area contributed by atoms with E-state index in [-0.39, 0.29) is 19.4 Å². The number of hydrogen-bond acceptors (Lipinski definition) is 8. The molecular weight excluding hydrogens is 557 g/mol. The minimum atomic E-state index is -4.80. The maximum absolute atomic E-state index is 13.2. The van der Waals surface area contributed by atoms with Gasteiger partial charge >= 0.3 is 0 Å². The fourth-order valence-corrected chi connectivity index (χ4v) is 5.55. The van der Waals surface area contributed by atoms with E-state index in [1.165, 1.54) is 51.4 Å². The molecule has 1 unspecified atom stereocenters. The lowest BCUT2D eigenvalue weighted by atomic mass is 9.82. The third-order valence-corrected chi connectivity index (χ3v) is 8.71. The summed E-state index contributed by atoms with van der Waals surface area (Å²) >= 11 is 0. The molecule has 0 aromatic carbocycles. The van der Waals surface area contributed by atoms with E-state index >= 15 is 0 Å². The molecule has 0 aliphatic heterocycles. The number of aliphatic hydroxyl groups is 2. The van der Waals surface area contributed by atoms with E-state index in [1.54, 1.807) is 0 Å². The molecule has 2 atom stereocenters. The van der Waals surface area contributed by atoms with Gasteiger partial charge in [-0.2, -0.15) is 0 Å². The summed E-state index contributed by atoms with van der Waals surface area (Å²) in [5.74, 6) is -1.57. The van der Waals surface area contributed by atoms with Crippen LogP contribution in [0.15, 0.2) is 0 Å². The highest BCUT2D eigenvalue weighted by molar-refractivity contribution is 7.45. The van der Waals surface area contributed by atoms with Crippen molar-refractivity contribution in [3.8, 4) is 0 Å². The minimum absolute atomic E-state index is 0.0675. The number of quaternary nitrogens is 1. The Morgan fingerprint density at radius 1 is 0.714 bits per heavy atom. The van der Waals surface area contributed by atoms with Crippen LogP contribution < -0.4 is 4.89 Å². The lowest BCUT2D eigenvalue weighted by molar-refractivity contribution is -0.870. The van der Waals surface area contributed by atoms with Crippen molar-refractivity contribution in [3.05, 3.63) is 0 Å². The van der Waals surface area contributed by atoms with Gasteiger partial charge in [-0.25, -0.2) is 0 Å². The zero-order chi connectivity index (χ0) is 31.9. The van der Waals surface area contributed by atoms with Gasteiger partial charge < -0.3 is 28.6 Å². The standard InChI is InChI=1S/C32H64NO8P/c1-6-8-10-12-14-16-18-20-22-24-29(34)32(37,30(35)25-23-21-19-17-15-13-11-9-7-2)31(36)28-41-42(38,39)40-27-26-33(3,4)5/h31,36-37H,6-28H2,1-5H3/t31-/m0/s1. The minimum Gasteiger partial charge on any atom is -0.756 e. The molecule has 0 aliphatic rings. The van der Waals surface area contributed by atoms with E-state index in [1.807, 2.05) is 21.1 Å². The number of carbonyl (C=O) groups is 2. The molecule has 0 aliphatic carbocycles. The number of hydrogen-bond donors (Lipinski definition) is 2. The van der Waals surface area contributed by atoms with Gasteiger partial charge in [0.1, 0.15) is 19.3 Å². The Kier molecular flexibility index (Phi) is 23.3. The van der Waals surface area contributed by atoms with E-state index in [2.05, 4.69) is 13.8 Å². The van der Waals surface area contributed by atoms with Crippen molar-refractivity contribution in [3.63, 3.8) is 0 Å². The number of nitrogens with zero attached hydrogens (tertiary/aromatic N) is 1. The van der Waals surface area contributed by atoms with Crippen LogP contribution in [0.1, 0.15) is 142 Å². The van der Waals surface area contributed by atoms with Crippen molar-refractivity contribution in [2.75, 3.05) is 40.9 Å². The quantitative estimate of drug-likeness (QED) is 0.0415. The van der Waals surface area contributed by atoms with Crippen LogP contribution >= 0.6 is 7.82 Å². The third-order valence-electron chi connectivity index (χ3n) is 7.75. The third kappa shape index (κ3) is 20.3. The highest BCUT2D eigenvalue weighted by atomic mass is 31.2. The Balaban J connectivity index is 4.98. The summed E-state index contributed by atoms with van der Waals surface area (Å²) in [7, 11) is 0.827. The van der Waals surface area contributed by atoms with Crippen LogP contribution in [-0.4, -0.2) is 78.9 Å². The van der Waals surface area contributed by atoms with Gasteiger partial charge in [0.25, 0.3) is 7.82 Å². The average Bonchev–Trinajstić information content (AvgIpc) is 2.92. The van der Waals surface area contributed by atoms with Gasteiger partial charge in [0.2, 0.25) is 5.60 Å². The molecule has 0 radical (unpaired) electrons. The molecule has 0 spiro atoms. The molecule has 0 bridgehead atoms. The smallest absolute Gasteiger partial charge is 0.268 e. The first-order valence-corrected chi connectivity index (χ1v) is 18.1. The van der Waals surface area contributed by atoms with Gasteiger partial charge in [0, 0.05) is 12.8 Å². The molecule has 2 N–H and O–H groups in total. The van der Waals surface area contributed by atoms with E-state index in [0.29, 0.717) is 23.9 Å². The van der Waals surface area contributed by atoms with Crippen LogP contribution in [0.5, 0.6) is 0 Å². The van der Waals surface area contributed by atoms with Crippen molar-refractivity contribution >= 4 is 19.4 Å². The Hall–Kier alpha value is -0.670. The molecule has 10 heteroatoms. The number of rotatable bonds is 30. The number of likely N-dealkylation sites (N-methyl/N-ethyl adjacent to an activating group) is 1. The lowest BCUT2D eigenvalue weighted by Gasteiger charge is -2.32. The maximum atomic E-state index is 13.2. The van der Waals surface area contributed by atoms with Gasteiger partial charge in [-0.1, -0.05) is 117 Å². The first-order chi connectivity index (χ1) is 19.8. The fourth-order valence-electron chi connectivity index (χ4n) is 4.85. The lowest BCUT2D eigenvalue weighted by Crippen LogP contribution is -2.57. The van der Waals surface area contributed by atoms with Crippen LogP contribution in [0, 0.1) is 0 Å². The summed E-state index contributed by atoms with van der Waals surface area (Å²) in [6.07, 6.45) is 16.5. The Bertz CT molecular complexity index is 721. The van der Waals surface area contributed by atoms with Gasteiger partial charge in [-0.15, -0.1) is 0 Å². The summed E-state index contributed by atoms with van der Waals surface area (Å²) < 4.78 is 22.3. The van der Waals surface area contributed by atoms with Crippen LogP contribution in [0.4, 0.5) is 0 Å². The topological polar surface area (TPSA) is 133 Å². The van der Waals surface area contributed by atoms with Crippen LogP contribution in [0.3, 0.4) is 0 Å². The zero-order valence-electron chi connectivity index (χ0n) is 27.6. The van der Waals surface area contributed by atoms with Gasteiger partial charge in [-0.05, 0) is 12.8 Å². The molecule has 42 heavy (non-hydrogen) atoms. The summed E-state index contributed by atoms with van der Waals surface area (Å²) in [5.41, 5.74) is -2.71. The second-order valence-electron chi connectivity index (χ2n) is 12.9. The first kappa shape index (κ1) is 41.3. The van der Waals surface area contributed by atoms with Crippen LogP contribution in [0.25, 0.3) is 0 Å². The highest BCUT2D eigenvalue weighted by Crippen LogP contribution is 2.39. The largest absolute Gasteiger partial charge is 0.756 e. The summed E-state index contributed by atoms with van der Waals surface area (Å²) in [6.45, 7) is 3.71. The molecule has 0 saturated heterocycles. The predicted octanol–water partition coefficient (Wildman–Crippen LogP) is 6.27. The number of carbonyl (C=O) groups excluding carboxylic acids is 2. The molecule has 0 amide bonds. The van der Waals surface area contributed by atoms with Crippen molar-refractivity contribution in [1.29, 1.82) is 0 Å². The van der Waals surface area contributed by atoms with Gasteiger partial charge in [-0.3, -0.25) is 14.2 Å². The summed E-state index contributed by atoms with van der Waals surface area (Å²) in [4.78, 5) is 38.5. The first-order valence-electron chi connectivity index (χ1n) is 16.7. The number of phosphoric acid groups is 1. The second-order valence-corrected chi connectivity index (χ2v) is 14.3. The monoisotopic (exact) mass is 621 g/mol. The van der Waals surface area contributed by atoms with Crippen molar-refractivity contribution in [2.45, 2.75) is 154 Å². The molecule has 0 rings (SSSR count). The molecule has 0 saturated carbocycles. The highest BCUT2D eigenvalue weighted by Gasteiger charge is 2.49. The van der Waals surface area contributed by atoms with Gasteiger partial charge in [0.05, 0.1) is 27.7 Å². The zero-order valence-corrected chi connectivity index (χ0v) is 28.5. The molecule has 250 valence electrons. The normalized spacial score (nSPS) is 14.6. The number of Topliss-reactive ketones (excluding diaryl/α,β-unsaturated/α-hetero) is 2. The molecule has 0 aromatic heterocycles. The molecule has 9 nitrogen and oxygen atoms in total.